The first-order chi connectivity index (χ1) is 4.72. The first-order valence-electron chi connectivity index (χ1n) is 2.25. The standard InChI is InChI=1S/C2H6O7S2.4Na.4H/c1-2(10(4,5)6)11(7,8)9-3;;;;;;;;/h2-3H,1H3,(H,4,5,6);;;;;;;;. The summed E-state index contributed by atoms with van der Waals surface area (Å²) in [6.07, 6.45) is 0. The fourth-order valence-corrected chi connectivity index (χ4v) is 1.63. The Bertz CT molecular complexity index is 321. The second kappa shape index (κ2) is 12.8. The molecule has 0 aromatic rings. The van der Waals surface area contributed by atoms with Crippen LogP contribution in [0.15, 0.2) is 0 Å². The van der Waals surface area contributed by atoms with E-state index < -0.39 is 24.8 Å². The molecule has 0 saturated carbocycles. The monoisotopic (exact) mass is 302 g/mol. The zero-order valence-corrected chi connectivity index (χ0v) is 6.96. The third kappa shape index (κ3) is 12.6. The third-order valence-corrected chi connectivity index (χ3v) is 4.23. The van der Waals surface area contributed by atoms with E-state index in [9.17, 15) is 16.8 Å². The predicted octanol–water partition coefficient (Wildman–Crippen LogP) is -3.55. The second-order valence-corrected chi connectivity index (χ2v) is 5.53. The SMILES string of the molecule is CC(S(=O)(=O)O)S(=O)(=O)OO.[NaH].[NaH].[NaH].[NaH]. The van der Waals surface area contributed by atoms with Crippen LogP contribution in [0.1, 0.15) is 6.92 Å². The number of hydrogen-bond acceptors (Lipinski definition) is 6. The van der Waals surface area contributed by atoms with Crippen molar-refractivity contribution in [2.75, 3.05) is 0 Å². The van der Waals surface area contributed by atoms with Gasteiger partial charge in [-0.2, -0.15) is 16.8 Å². The van der Waals surface area contributed by atoms with E-state index in [1.807, 2.05) is 0 Å². The molecule has 0 aromatic heterocycles. The van der Waals surface area contributed by atoms with Gasteiger partial charge in [-0.25, -0.2) is 5.26 Å². The molecule has 7 nitrogen and oxygen atoms in total. The first kappa shape index (κ1) is 31.3. The molecule has 13 heteroatoms. The van der Waals surface area contributed by atoms with Gasteiger partial charge in [-0.05, 0) is 6.92 Å². The molecule has 0 fully saturated rings. The summed E-state index contributed by atoms with van der Waals surface area (Å²) in [4.78, 5) is 0. The van der Waals surface area contributed by atoms with Gasteiger partial charge in [-0.3, -0.25) is 4.55 Å². The molecule has 0 saturated heterocycles. The van der Waals surface area contributed by atoms with Crippen molar-refractivity contribution in [2.24, 2.45) is 0 Å². The Hall–Kier alpha value is 3.78. The molecular formula is C2H10Na4O7S2. The summed E-state index contributed by atoms with van der Waals surface area (Å²) in [5.74, 6) is 0. The van der Waals surface area contributed by atoms with Crippen LogP contribution in [-0.2, 0) is 24.6 Å². The van der Waals surface area contributed by atoms with Gasteiger partial charge >= 0.3 is 128 Å². The zero-order valence-electron chi connectivity index (χ0n) is 5.33. The van der Waals surface area contributed by atoms with Crippen molar-refractivity contribution in [3.05, 3.63) is 0 Å². The van der Waals surface area contributed by atoms with Gasteiger partial charge in [-0.1, -0.05) is 0 Å². The van der Waals surface area contributed by atoms with Gasteiger partial charge in [-0.15, -0.1) is 4.33 Å². The van der Waals surface area contributed by atoms with Crippen LogP contribution in [0, 0.1) is 0 Å². The Morgan fingerprint density at radius 2 is 1.27 bits per heavy atom. The fourth-order valence-electron chi connectivity index (χ4n) is 0.210. The molecule has 1 atom stereocenters. The Balaban J connectivity index is -0.0000000833. The molecule has 0 spiro atoms. The summed E-state index contributed by atoms with van der Waals surface area (Å²) < 4.78 is 49.7. The molecule has 0 heterocycles. The van der Waals surface area contributed by atoms with E-state index >= 15 is 0 Å². The van der Waals surface area contributed by atoms with Crippen LogP contribution >= 0.6 is 0 Å². The molecule has 0 amide bonds. The van der Waals surface area contributed by atoms with Crippen LogP contribution in [0.3, 0.4) is 0 Å². The number of rotatable bonds is 3. The molecule has 1 unspecified atom stereocenters. The van der Waals surface area contributed by atoms with Gasteiger partial charge < -0.3 is 0 Å². The van der Waals surface area contributed by atoms with Gasteiger partial charge in [0.05, 0.1) is 0 Å². The van der Waals surface area contributed by atoms with Crippen molar-refractivity contribution in [3.8, 4) is 0 Å². The Kier molecular flexibility index (Phi) is 26.7. The van der Waals surface area contributed by atoms with Crippen molar-refractivity contribution in [1.82, 2.24) is 0 Å². The summed E-state index contributed by atoms with van der Waals surface area (Å²) in [6.45, 7) is 0.654. The van der Waals surface area contributed by atoms with Gasteiger partial charge in [0.2, 0.25) is 4.58 Å². The van der Waals surface area contributed by atoms with Crippen LogP contribution in [0.5, 0.6) is 0 Å². The van der Waals surface area contributed by atoms with Gasteiger partial charge in [0.25, 0.3) is 10.1 Å². The molecule has 0 aliphatic rings. The summed E-state index contributed by atoms with van der Waals surface area (Å²) in [7, 11) is -9.38. The minimum absolute atomic E-state index is 0. The van der Waals surface area contributed by atoms with Crippen LogP contribution in [0.4, 0.5) is 0 Å². The predicted molar refractivity (Wildman–Crippen MR) is 62.2 cm³/mol. The minimum atomic E-state index is -4.75. The Labute approximate surface area is 177 Å². The topological polar surface area (TPSA) is 118 Å². The van der Waals surface area contributed by atoms with Gasteiger partial charge in [0.15, 0.2) is 0 Å². The quantitative estimate of drug-likeness (QED) is 0.240. The molecule has 0 radical (unpaired) electrons. The molecule has 0 aliphatic heterocycles. The molecule has 0 aliphatic carbocycles. The summed E-state index contributed by atoms with van der Waals surface area (Å²) in [6, 6.07) is 0. The number of hydrogen-bond donors (Lipinski definition) is 2. The molecule has 2 N–H and O–H groups in total. The van der Waals surface area contributed by atoms with E-state index in [2.05, 4.69) is 4.33 Å². The molecule has 0 bridgehead atoms. The van der Waals surface area contributed by atoms with E-state index in [0.29, 0.717) is 6.92 Å². The van der Waals surface area contributed by atoms with Gasteiger partial charge in [0.1, 0.15) is 0 Å². The van der Waals surface area contributed by atoms with Crippen molar-refractivity contribution in [1.29, 1.82) is 0 Å². The van der Waals surface area contributed by atoms with Crippen molar-refractivity contribution in [2.45, 2.75) is 11.5 Å². The van der Waals surface area contributed by atoms with Crippen LogP contribution in [-0.4, -0.2) is 149 Å². The van der Waals surface area contributed by atoms with Crippen molar-refractivity contribution < 1.29 is 31.0 Å². The fraction of sp³-hybridized carbons (Fsp3) is 1.00. The normalized spacial score (nSPS) is 11.9. The van der Waals surface area contributed by atoms with Crippen molar-refractivity contribution >= 4 is 138 Å². The summed E-state index contributed by atoms with van der Waals surface area (Å²) >= 11 is 0. The maximum atomic E-state index is 10.3. The molecule has 0 aromatic carbocycles. The maximum absolute atomic E-state index is 10.3. The summed E-state index contributed by atoms with van der Waals surface area (Å²) in [5, 5.41) is 7.66. The third-order valence-electron chi connectivity index (χ3n) is 0.930. The molecule has 0 rings (SSSR count). The molecular weight excluding hydrogens is 292 g/mol. The van der Waals surface area contributed by atoms with Crippen LogP contribution in [0.2, 0.25) is 0 Å². The van der Waals surface area contributed by atoms with Gasteiger partial charge in [0, 0.05) is 0 Å². The first-order valence-corrected chi connectivity index (χ1v) is 5.22. The second-order valence-electron chi connectivity index (χ2n) is 1.65. The average Bonchev–Trinajstić information content (AvgIpc) is 1.84. The average molecular weight is 302 g/mol. The van der Waals surface area contributed by atoms with Crippen LogP contribution < -0.4 is 0 Å². The van der Waals surface area contributed by atoms with Crippen LogP contribution in [0.25, 0.3) is 0 Å². The van der Waals surface area contributed by atoms with Crippen molar-refractivity contribution in [3.63, 3.8) is 0 Å². The molecule has 15 heavy (non-hydrogen) atoms. The van der Waals surface area contributed by atoms with E-state index in [0.717, 1.165) is 0 Å². The van der Waals surface area contributed by atoms with E-state index in [1.165, 1.54) is 0 Å². The molecule has 76 valence electrons. The Morgan fingerprint density at radius 1 is 1.00 bits per heavy atom. The van der Waals surface area contributed by atoms with E-state index in [1.54, 1.807) is 0 Å². The Morgan fingerprint density at radius 3 is 1.33 bits per heavy atom. The zero-order chi connectivity index (χ0) is 9.28. The van der Waals surface area contributed by atoms with E-state index in [4.69, 9.17) is 9.81 Å². The summed E-state index contributed by atoms with van der Waals surface area (Å²) in [5.41, 5.74) is 0. The van der Waals surface area contributed by atoms with E-state index in [-0.39, 0.29) is 118 Å².